The van der Waals surface area contributed by atoms with Crippen LogP contribution in [0.5, 0.6) is 5.75 Å². The van der Waals surface area contributed by atoms with E-state index in [-0.39, 0.29) is 5.69 Å². The molecule has 1 heterocycles. The molecule has 27 heavy (non-hydrogen) atoms. The van der Waals surface area contributed by atoms with E-state index in [1.54, 1.807) is 0 Å². The second-order valence-corrected chi connectivity index (χ2v) is 5.41. The quantitative estimate of drug-likeness (QED) is 0.682. The van der Waals surface area contributed by atoms with Gasteiger partial charge in [0.15, 0.2) is 11.5 Å². The van der Waals surface area contributed by atoms with Crippen LogP contribution in [0.25, 0.3) is 0 Å². The summed E-state index contributed by atoms with van der Waals surface area (Å²) in [6.07, 6.45) is 0. The van der Waals surface area contributed by atoms with Crippen LogP contribution >= 0.6 is 0 Å². The van der Waals surface area contributed by atoms with E-state index in [2.05, 4.69) is 20.8 Å². The number of aromatic nitrogens is 2. The Bertz CT molecular complexity index is 928. The fourth-order valence-electron chi connectivity index (χ4n) is 2.30. The molecule has 0 unspecified atom stereocenters. The largest absolute Gasteiger partial charge is 0.492 e. The Morgan fingerprint density at radius 1 is 1.00 bits per heavy atom. The maximum absolute atomic E-state index is 13.6. The number of para-hydroxylation sites is 3. The van der Waals surface area contributed by atoms with Crippen LogP contribution in [0.3, 0.4) is 0 Å². The van der Waals surface area contributed by atoms with Gasteiger partial charge >= 0.3 is 0 Å². The number of hydrogen-bond donors (Lipinski definition) is 2. The molecule has 0 fully saturated rings. The highest BCUT2D eigenvalue weighted by Gasteiger charge is 2.15. The van der Waals surface area contributed by atoms with Crippen LogP contribution in [0.2, 0.25) is 0 Å². The highest BCUT2D eigenvalue weighted by molar-refractivity contribution is 6.02. The minimum absolute atomic E-state index is 0.0821. The molecular weight excluding hydrogens is 354 g/mol. The number of nitrogens with one attached hydrogen (secondary N) is 2. The van der Waals surface area contributed by atoms with Crippen molar-refractivity contribution < 1.29 is 18.3 Å². The molecule has 1 amide bonds. The first-order chi connectivity index (χ1) is 13.1. The Kier molecular flexibility index (Phi) is 5.55. The number of benzene rings is 2. The second kappa shape index (κ2) is 8.22. The molecule has 3 rings (SSSR count). The first kappa shape index (κ1) is 18.2. The average Bonchev–Trinajstić information content (AvgIpc) is 2.67. The fourth-order valence-corrected chi connectivity index (χ4v) is 2.30. The van der Waals surface area contributed by atoms with Gasteiger partial charge in [-0.25, -0.2) is 8.78 Å². The summed E-state index contributed by atoms with van der Waals surface area (Å²) in [5, 5.41) is 12.9. The summed E-state index contributed by atoms with van der Waals surface area (Å²) in [7, 11) is 0. The van der Waals surface area contributed by atoms with Gasteiger partial charge in [-0.3, -0.25) is 4.79 Å². The molecule has 2 N–H and O–H groups in total. The number of nitrogens with zero attached hydrogens (tertiary/aromatic N) is 2. The highest BCUT2D eigenvalue weighted by Crippen LogP contribution is 2.26. The summed E-state index contributed by atoms with van der Waals surface area (Å²) in [5.74, 6) is -1.48. The summed E-state index contributed by atoms with van der Waals surface area (Å²) < 4.78 is 32.8. The summed E-state index contributed by atoms with van der Waals surface area (Å²) in [6, 6.07) is 13.5. The van der Waals surface area contributed by atoms with E-state index in [0.29, 0.717) is 23.9 Å². The average molecular weight is 370 g/mol. The van der Waals surface area contributed by atoms with Crippen molar-refractivity contribution in [1.82, 2.24) is 10.2 Å². The number of ether oxygens (including phenoxy) is 1. The molecule has 0 spiro atoms. The molecule has 3 aromatic rings. The third-order valence-corrected chi connectivity index (χ3v) is 3.55. The van der Waals surface area contributed by atoms with Crippen molar-refractivity contribution >= 4 is 23.1 Å². The lowest BCUT2D eigenvalue weighted by atomic mass is 10.2. The Labute approximate surface area is 154 Å². The van der Waals surface area contributed by atoms with E-state index in [1.165, 1.54) is 18.2 Å². The standard InChI is InChI=1S/C19H16F2N4O2/c1-2-27-16-9-4-3-8-14(16)22-17-11-10-15(24-25-17)19(26)23-18-12(20)6-5-7-13(18)21/h3-11H,2H2,1H3,(H,22,25)(H,23,26). The Balaban J connectivity index is 1.73. The predicted octanol–water partition coefficient (Wildman–Crippen LogP) is 4.15. The van der Waals surface area contributed by atoms with Gasteiger partial charge in [-0.15, -0.1) is 10.2 Å². The van der Waals surface area contributed by atoms with Crippen molar-refractivity contribution in [3.05, 3.63) is 71.9 Å². The Hall–Kier alpha value is -3.55. The van der Waals surface area contributed by atoms with Gasteiger partial charge in [0.25, 0.3) is 5.91 Å². The maximum Gasteiger partial charge on any atom is 0.276 e. The van der Waals surface area contributed by atoms with Crippen LogP contribution < -0.4 is 15.4 Å². The molecule has 1 aromatic heterocycles. The van der Waals surface area contributed by atoms with E-state index in [4.69, 9.17) is 4.74 Å². The lowest BCUT2D eigenvalue weighted by molar-refractivity contribution is 0.102. The first-order valence-electron chi connectivity index (χ1n) is 8.16. The predicted molar refractivity (Wildman–Crippen MR) is 97.2 cm³/mol. The second-order valence-electron chi connectivity index (χ2n) is 5.41. The summed E-state index contributed by atoms with van der Waals surface area (Å²) in [6.45, 7) is 2.39. The van der Waals surface area contributed by atoms with Crippen LogP contribution in [0, 0.1) is 11.6 Å². The molecule has 0 radical (unpaired) electrons. The fraction of sp³-hybridized carbons (Fsp3) is 0.105. The topological polar surface area (TPSA) is 76.1 Å². The van der Waals surface area contributed by atoms with Gasteiger partial charge in [-0.2, -0.15) is 0 Å². The summed E-state index contributed by atoms with van der Waals surface area (Å²) in [4.78, 5) is 12.1. The molecule has 8 heteroatoms. The molecular formula is C19H16F2N4O2. The molecule has 0 bridgehead atoms. The number of amides is 1. The molecule has 0 saturated heterocycles. The van der Waals surface area contributed by atoms with E-state index in [1.807, 2.05) is 31.2 Å². The Morgan fingerprint density at radius 3 is 2.41 bits per heavy atom. The number of rotatable bonds is 6. The Morgan fingerprint density at radius 2 is 1.74 bits per heavy atom. The van der Waals surface area contributed by atoms with Crippen LogP contribution in [-0.2, 0) is 0 Å². The minimum Gasteiger partial charge on any atom is -0.492 e. The zero-order valence-electron chi connectivity index (χ0n) is 14.4. The SMILES string of the molecule is CCOc1ccccc1Nc1ccc(C(=O)Nc2c(F)cccc2F)nn1. The number of anilines is 3. The zero-order chi connectivity index (χ0) is 19.2. The van der Waals surface area contributed by atoms with Crippen molar-refractivity contribution in [2.24, 2.45) is 0 Å². The van der Waals surface area contributed by atoms with Crippen molar-refractivity contribution in [2.45, 2.75) is 6.92 Å². The molecule has 0 aliphatic rings. The van der Waals surface area contributed by atoms with Crippen LogP contribution in [0.1, 0.15) is 17.4 Å². The van der Waals surface area contributed by atoms with Crippen molar-refractivity contribution in [1.29, 1.82) is 0 Å². The molecule has 0 atom stereocenters. The van der Waals surface area contributed by atoms with Gasteiger partial charge in [-0.1, -0.05) is 18.2 Å². The third kappa shape index (κ3) is 4.35. The normalized spacial score (nSPS) is 10.3. The lowest BCUT2D eigenvalue weighted by Gasteiger charge is -2.11. The lowest BCUT2D eigenvalue weighted by Crippen LogP contribution is -2.16. The zero-order valence-corrected chi connectivity index (χ0v) is 14.4. The van der Waals surface area contributed by atoms with E-state index in [9.17, 15) is 13.6 Å². The molecule has 0 saturated carbocycles. The molecule has 2 aromatic carbocycles. The van der Waals surface area contributed by atoms with Crippen molar-refractivity contribution in [3.8, 4) is 5.75 Å². The highest BCUT2D eigenvalue weighted by atomic mass is 19.1. The van der Waals surface area contributed by atoms with Crippen molar-refractivity contribution in [3.63, 3.8) is 0 Å². The number of carbonyl (C=O) groups is 1. The number of hydrogen-bond acceptors (Lipinski definition) is 5. The molecule has 0 aliphatic heterocycles. The van der Waals surface area contributed by atoms with Crippen LogP contribution in [-0.4, -0.2) is 22.7 Å². The number of halogens is 2. The van der Waals surface area contributed by atoms with Crippen LogP contribution in [0.4, 0.5) is 26.0 Å². The molecule has 138 valence electrons. The van der Waals surface area contributed by atoms with Gasteiger partial charge < -0.3 is 15.4 Å². The minimum atomic E-state index is -0.873. The monoisotopic (exact) mass is 370 g/mol. The van der Waals surface area contributed by atoms with Crippen LogP contribution in [0.15, 0.2) is 54.6 Å². The maximum atomic E-state index is 13.6. The first-order valence-corrected chi connectivity index (χ1v) is 8.16. The van der Waals surface area contributed by atoms with E-state index in [0.717, 1.165) is 12.1 Å². The van der Waals surface area contributed by atoms with Gasteiger partial charge in [0.2, 0.25) is 0 Å². The van der Waals surface area contributed by atoms with Crippen molar-refractivity contribution in [2.75, 3.05) is 17.2 Å². The smallest absolute Gasteiger partial charge is 0.276 e. The van der Waals surface area contributed by atoms with Gasteiger partial charge in [0.05, 0.1) is 12.3 Å². The summed E-state index contributed by atoms with van der Waals surface area (Å²) >= 11 is 0. The molecule has 0 aliphatic carbocycles. The number of carbonyl (C=O) groups excluding carboxylic acids is 1. The summed E-state index contributed by atoms with van der Waals surface area (Å²) in [5.41, 5.74) is 0.0812. The molecule has 6 nitrogen and oxygen atoms in total. The third-order valence-electron chi connectivity index (χ3n) is 3.55. The van der Waals surface area contributed by atoms with Gasteiger partial charge in [0.1, 0.15) is 23.1 Å². The van der Waals surface area contributed by atoms with E-state index >= 15 is 0 Å². The van der Waals surface area contributed by atoms with Gasteiger partial charge in [-0.05, 0) is 43.3 Å². The van der Waals surface area contributed by atoms with E-state index < -0.39 is 23.2 Å². The van der Waals surface area contributed by atoms with Gasteiger partial charge in [0, 0.05) is 0 Å².